The van der Waals surface area contributed by atoms with Crippen molar-refractivity contribution in [1.29, 1.82) is 0 Å². The van der Waals surface area contributed by atoms with Crippen LogP contribution in [0.2, 0.25) is 0 Å². The Bertz CT molecular complexity index is 647. The van der Waals surface area contributed by atoms with Crippen molar-refractivity contribution in [2.24, 2.45) is 5.41 Å². The first kappa shape index (κ1) is 16.5. The molecule has 8 heteroatoms. The van der Waals surface area contributed by atoms with Crippen molar-refractivity contribution in [3.8, 4) is 0 Å². The van der Waals surface area contributed by atoms with Gasteiger partial charge >= 0.3 is 0 Å². The van der Waals surface area contributed by atoms with Crippen LogP contribution in [0, 0.1) is 5.41 Å². The van der Waals surface area contributed by atoms with Crippen LogP contribution in [0.4, 0.5) is 0 Å². The topological polar surface area (TPSA) is 88.9 Å². The average molecular weight is 342 g/mol. The lowest BCUT2D eigenvalue weighted by atomic mass is 9.69. The summed E-state index contributed by atoms with van der Waals surface area (Å²) >= 11 is 0. The van der Waals surface area contributed by atoms with Gasteiger partial charge in [0.25, 0.3) is 5.91 Å². The van der Waals surface area contributed by atoms with Crippen LogP contribution in [0.25, 0.3) is 0 Å². The third-order valence-electron chi connectivity index (χ3n) is 4.94. The molecule has 23 heavy (non-hydrogen) atoms. The number of carbonyl (C=O) groups excluding carboxylic acids is 1. The number of piperidine rings is 1. The van der Waals surface area contributed by atoms with Gasteiger partial charge in [-0.05, 0) is 30.7 Å². The van der Waals surface area contributed by atoms with Gasteiger partial charge in [-0.25, -0.2) is 13.1 Å². The van der Waals surface area contributed by atoms with E-state index in [1.165, 1.54) is 18.8 Å². The summed E-state index contributed by atoms with van der Waals surface area (Å²) in [5.74, 6) is -0.0340. The van der Waals surface area contributed by atoms with Crippen molar-refractivity contribution in [3.05, 3.63) is 24.2 Å². The minimum Gasteiger partial charge on any atom is -0.472 e. The molecule has 128 valence electrons. The molecule has 1 aromatic heterocycles. The van der Waals surface area contributed by atoms with Crippen LogP contribution in [0.5, 0.6) is 0 Å². The minimum atomic E-state index is -3.29. The quantitative estimate of drug-likeness (QED) is 0.879. The van der Waals surface area contributed by atoms with E-state index in [1.807, 2.05) is 4.90 Å². The zero-order valence-corrected chi connectivity index (χ0v) is 14.0. The highest BCUT2D eigenvalue weighted by molar-refractivity contribution is 7.88. The minimum absolute atomic E-state index is 0.0340. The summed E-state index contributed by atoms with van der Waals surface area (Å²) < 4.78 is 36.4. The molecule has 2 saturated heterocycles. The number of sulfonamides is 1. The van der Waals surface area contributed by atoms with Gasteiger partial charge < -0.3 is 14.1 Å². The van der Waals surface area contributed by atoms with Gasteiger partial charge in [0, 0.05) is 19.7 Å². The molecular weight excluding hydrogens is 320 g/mol. The van der Waals surface area contributed by atoms with Gasteiger partial charge in [0.15, 0.2) is 0 Å². The number of nitrogens with one attached hydrogen (secondary N) is 1. The first-order chi connectivity index (χ1) is 10.9. The van der Waals surface area contributed by atoms with Crippen molar-refractivity contribution >= 4 is 15.9 Å². The maximum absolute atomic E-state index is 12.4. The van der Waals surface area contributed by atoms with Crippen LogP contribution in [0.15, 0.2) is 23.0 Å². The largest absolute Gasteiger partial charge is 0.472 e. The second-order valence-electron chi connectivity index (χ2n) is 6.43. The number of furan rings is 1. The zero-order chi connectivity index (χ0) is 16.5. The molecule has 3 rings (SSSR count). The fourth-order valence-electron chi connectivity index (χ4n) is 3.57. The van der Waals surface area contributed by atoms with Crippen LogP contribution >= 0.6 is 0 Å². The Morgan fingerprint density at radius 1 is 1.35 bits per heavy atom. The monoisotopic (exact) mass is 342 g/mol. The normalized spacial score (nSPS) is 24.7. The number of ether oxygens (including phenoxy) is 1. The molecule has 2 aliphatic rings. The first-order valence-electron chi connectivity index (χ1n) is 7.76. The van der Waals surface area contributed by atoms with Crippen molar-refractivity contribution in [1.82, 2.24) is 9.62 Å². The van der Waals surface area contributed by atoms with Crippen molar-refractivity contribution in [2.75, 3.05) is 32.6 Å². The van der Waals surface area contributed by atoms with E-state index in [0.29, 0.717) is 31.9 Å². The molecule has 7 nitrogen and oxygen atoms in total. The van der Waals surface area contributed by atoms with Crippen LogP contribution in [0.3, 0.4) is 0 Å². The molecule has 1 amide bonds. The summed E-state index contributed by atoms with van der Waals surface area (Å²) in [4.78, 5) is 14.2. The Morgan fingerprint density at radius 2 is 2.09 bits per heavy atom. The molecule has 0 bridgehead atoms. The van der Waals surface area contributed by atoms with Crippen molar-refractivity contribution in [2.45, 2.75) is 25.3 Å². The van der Waals surface area contributed by atoms with Crippen LogP contribution in [-0.4, -0.2) is 57.8 Å². The van der Waals surface area contributed by atoms with E-state index in [4.69, 9.17) is 9.15 Å². The van der Waals surface area contributed by atoms with Crippen molar-refractivity contribution in [3.63, 3.8) is 0 Å². The molecule has 1 atom stereocenters. The highest BCUT2D eigenvalue weighted by Crippen LogP contribution is 2.41. The fraction of sp³-hybridized carbons (Fsp3) is 0.667. The lowest BCUT2D eigenvalue weighted by molar-refractivity contribution is -0.0400. The van der Waals surface area contributed by atoms with Gasteiger partial charge in [-0.2, -0.15) is 0 Å². The summed E-state index contributed by atoms with van der Waals surface area (Å²) in [5, 5.41) is 0. The lowest BCUT2D eigenvalue weighted by Crippen LogP contribution is -2.57. The first-order valence-corrected chi connectivity index (χ1v) is 9.65. The van der Waals surface area contributed by atoms with E-state index in [1.54, 1.807) is 6.07 Å². The molecule has 1 aromatic rings. The van der Waals surface area contributed by atoms with Gasteiger partial charge in [-0.1, -0.05) is 0 Å². The molecule has 3 heterocycles. The summed E-state index contributed by atoms with van der Waals surface area (Å²) in [6.45, 7) is 2.26. The number of rotatable bonds is 3. The second-order valence-corrected chi connectivity index (χ2v) is 8.21. The van der Waals surface area contributed by atoms with Gasteiger partial charge in [0.2, 0.25) is 10.0 Å². The van der Waals surface area contributed by atoms with E-state index in [2.05, 4.69) is 4.72 Å². The Labute approximate surface area is 136 Å². The third kappa shape index (κ3) is 3.59. The molecule has 0 saturated carbocycles. The van der Waals surface area contributed by atoms with E-state index in [9.17, 15) is 13.2 Å². The maximum Gasteiger partial charge on any atom is 0.257 e. The second kappa shape index (κ2) is 6.26. The Morgan fingerprint density at radius 3 is 2.70 bits per heavy atom. The highest BCUT2D eigenvalue weighted by Gasteiger charge is 2.45. The number of hydrogen-bond acceptors (Lipinski definition) is 5. The lowest BCUT2D eigenvalue weighted by Gasteiger charge is -2.48. The van der Waals surface area contributed by atoms with Crippen molar-refractivity contribution < 1.29 is 22.4 Å². The number of amides is 1. The number of likely N-dealkylation sites (tertiary alicyclic amines) is 1. The molecule has 0 radical (unpaired) electrons. The van der Waals surface area contributed by atoms with E-state index < -0.39 is 10.0 Å². The standard InChI is InChI=1S/C15H22N2O5S/c1-23(19,20)16-13-11-22-9-5-15(13)3-6-17(7-4-15)14(18)12-2-8-21-10-12/h2,8,10,13,16H,3-7,9,11H2,1H3/t13-/m0/s1. The maximum atomic E-state index is 12.4. The predicted octanol–water partition coefficient (Wildman–Crippen LogP) is 0.840. The van der Waals surface area contributed by atoms with E-state index in [-0.39, 0.29) is 17.4 Å². The Kier molecular flexibility index (Phi) is 4.48. The predicted molar refractivity (Wildman–Crippen MR) is 83.5 cm³/mol. The van der Waals surface area contributed by atoms with E-state index in [0.717, 1.165) is 19.3 Å². The van der Waals surface area contributed by atoms with Gasteiger partial charge in [-0.15, -0.1) is 0 Å². The SMILES string of the molecule is CS(=O)(=O)N[C@H]1COCCC12CCN(C(=O)c1ccoc1)CC2. The highest BCUT2D eigenvalue weighted by atomic mass is 32.2. The van der Waals surface area contributed by atoms with Crippen LogP contribution < -0.4 is 4.72 Å². The van der Waals surface area contributed by atoms with Crippen LogP contribution in [0.1, 0.15) is 29.6 Å². The number of carbonyl (C=O) groups is 1. The molecule has 1 N–H and O–H groups in total. The van der Waals surface area contributed by atoms with Gasteiger partial charge in [0.1, 0.15) is 6.26 Å². The summed E-state index contributed by atoms with van der Waals surface area (Å²) in [6, 6.07) is 1.44. The zero-order valence-electron chi connectivity index (χ0n) is 13.2. The average Bonchev–Trinajstić information content (AvgIpc) is 3.03. The summed E-state index contributed by atoms with van der Waals surface area (Å²) in [7, 11) is -3.29. The molecule has 0 unspecified atom stereocenters. The smallest absolute Gasteiger partial charge is 0.257 e. The molecule has 0 aliphatic carbocycles. The van der Waals surface area contributed by atoms with Crippen LogP contribution in [-0.2, 0) is 14.8 Å². The number of hydrogen-bond donors (Lipinski definition) is 1. The van der Waals surface area contributed by atoms with Gasteiger partial charge in [-0.3, -0.25) is 4.79 Å². The Balaban J connectivity index is 1.69. The molecule has 2 fully saturated rings. The van der Waals surface area contributed by atoms with Gasteiger partial charge in [0.05, 0.1) is 30.7 Å². The fourth-order valence-corrected chi connectivity index (χ4v) is 4.40. The molecule has 0 aromatic carbocycles. The molecule has 2 aliphatic heterocycles. The third-order valence-corrected chi connectivity index (χ3v) is 5.65. The van der Waals surface area contributed by atoms with E-state index >= 15 is 0 Å². The Hall–Kier alpha value is -1.38. The summed E-state index contributed by atoms with van der Waals surface area (Å²) in [5.41, 5.74) is 0.424. The molecule has 1 spiro atoms. The molecular formula is C15H22N2O5S. The number of nitrogens with zero attached hydrogens (tertiary/aromatic N) is 1. The summed E-state index contributed by atoms with van der Waals surface area (Å²) in [6.07, 6.45) is 6.47.